The highest BCUT2D eigenvalue weighted by atomic mass is 16.7. The first-order valence-corrected chi connectivity index (χ1v) is 6.17. The molecule has 0 spiro atoms. The standard InChI is InChI=1S/C13H19BO4/c1-9-8-13(2,3)18-12(17-9)10-4-6-11(7-5-10)14(15)16/h4-7,9,12,15-16H,8H2,1-3H3/t9-,12-/m1/s1. The Labute approximate surface area is 108 Å². The molecule has 5 heteroatoms. The summed E-state index contributed by atoms with van der Waals surface area (Å²) in [6, 6.07) is 6.93. The van der Waals surface area contributed by atoms with E-state index in [0.29, 0.717) is 5.46 Å². The van der Waals surface area contributed by atoms with Gasteiger partial charge in [-0.05, 0) is 26.2 Å². The van der Waals surface area contributed by atoms with Crippen LogP contribution in [-0.2, 0) is 9.47 Å². The predicted octanol–water partition coefficient (Wildman–Crippen LogP) is 0.969. The van der Waals surface area contributed by atoms with Crippen molar-refractivity contribution < 1.29 is 19.5 Å². The Morgan fingerprint density at radius 1 is 1.22 bits per heavy atom. The molecule has 1 aromatic rings. The Bertz CT molecular complexity index is 402. The largest absolute Gasteiger partial charge is 0.488 e. The van der Waals surface area contributed by atoms with Crippen molar-refractivity contribution in [3.63, 3.8) is 0 Å². The van der Waals surface area contributed by atoms with E-state index in [9.17, 15) is 0 Å². The second-order valence-corrected chi connectivity index (χ2v) is 5.40. The van der Waals surface area contributed by atoms with Gasteiger partial charge >= 0.3 is 7.12 Å². The maximum Gasteiger partial charge on any atom is 0.488 e. The lowest BCUT2D eigenvalue weighted by Crippen LogP contribution is -2.39. The molecule has 0 radical (unpaired) electrons. The molecule has 1 fully saturated rings. The molecule has 2 atom stereocenters. The summed E-state index contributed by atoms with van der Waals surface area (Å²) in [5, 5.41) is 18.1. The lowest BCUT2D eigenvalue weighted by molar-refractivity contribution is -0.273. The van der Waals surface area contributed by atoms with Crippen molar-refractivity contribution in [2.45, 2.75) is 45.2 Å². The minimum atomic E-state index is -1.44. The Morgan fingerprint density at radius 3 is 2.33 bits per heavy atom. The fourth-order valence-electron chi connectivity index (χ4n) is 2.29. The van der Waals surface area contributed by atoms with Crippen molar-refractivity contribution in [2.75, 3.05) is 0 Å². The second kappa shape index (κ2) is 5.01. The van der Waals surface area contributed by atoms with Crippen LogP contribution in [0.4, 0.5) is 0 Å². The molecular formula is C13H19BO4. The van der Waals surface area contributed by atoms with Crippen LogP contribution in [-0.4, -0.2) is 28.9 Å². The number of ether oxygens (including phenoxy) is 2. The summed E-state index contributed by atoms with van der Waals surface area (Å²) < 4.78 is 11.6. The van der Waals surface area contributed by atoms with Crippen LogP contribution in [0.5, 0.6) is 0 Å². The van der Waals surface area contributed by atoms with E-state index in [-0.39, 0.29) is 11.7 Å². The molecule has 4 nitrogen and oxygen atoms in total. The molecule has 18 heavy (non-hydrogen) atoms. The fraction of sp³-hybridized carbons (Fsp3) is 0.538. The number of rotatable bonds is 2. The molecule has 0 aromatic heterocycles. The molecule has 98 valence electrons. The van der Waals surface area contributed by atoms with Crippen LogP contribution in [0.2, 0.25) is 0 Å². The van der Waals surface area contributed by atoms with Gasteiger partial charge in [0.15, 0.2) is 6.29 Å². The van der Waals surface area contributed by atoms with E-state index < -0.39 is 13.4 Å². The van der Waals surface area contributed by atoms with E-state index in [0.717, 1.165) is 12.0 Å². The van der Waals surface area contributed by atoms with Gasteiger partial charge in [-0.25, -0.2) is 0 Å². The molecule has 0 bridgehead atoms. The smallest absolute Gasteiger partial charge is 0.423 e. The Morgan fingerprint density at radius 2 is 1.83 bits per heavy atom. The summed E-state index contributed by atoms with van der Waals surface area (Å²) >= 11 is 0. The first kappa shape index (κ1) is 13.6. The number of hydrogen-bond donors (Lipinski definition) is 2. The Hall–Kier alpha value is -0.875. The second-order valence-electron chi connectivity index (χ2n) is 5.40. The molecule has 1 heterocycles. The van der Waals surface area contributed by atoms with Gasteiger partial charge in [-0.15, -0.1) is 0 Å². The van der Waals surface area contributed by atoms with Gasteiger partial charge in [0.1, 0.15) is 0 Å². The molecule has 0 unspecified atom stereocenters. The van der Waals surface area contributed by atoms with E-state index >= 15 is 0 Å². The normalized spacial score (nSPS) is 26.9. The molecule has 1 aliphatic rings. The maximum atomic E-state index is 9.04. The van der Waals surface area contributed by atoms with Crippen LogP contribution in [0, 0.1) is 0 Å². The summed E-state index contributed by atoms with van der Waals surface area (Å²) in [5.74, 6) is 0. The monoisotopic (exact) mass is 250 g/mol. The van der Waals surface area contributed by atoms with Crippen LogP contribution in [0.15, 0.2) is 24.3 Å². The first-order chi connectivity index (χ1) is 8.37. The third-order valence-electron chi connectivity index (χ3n) is 3.07. The van der Waals surface area contributed by atoms with E-state index in [4.69, 9.17) is 19.5 Å². The SMILES string of the molecule is C[C@@H]1CC(C)(C)O[C@H](c2ccc(B(O)O)cc2)O1. The first-order valence-electron chi connectivity index (χ1n) is 6.17. The quantitative estimate of drug-likeness (QED) is 0.768. The minimum absolute atomic E-state index is 0.141. The Balaban J connectivity index is 2.15. The van der Waals surface area contributed by atoms with Gasteiger partial charge in [0.2, 0.25) is 0 Å². The van der Waals surface area contributed by atoms with E-state index in [1.807, 2.05) is 20.8 Å². The topological polar surface area (TPSA) is 58.9 Å². The average molecular weight is 250 g/mol. The predicted molar refractivity (Wildman–Crippen MR) is 69.3 cm³/mol. The van der Waals surface area contributed by atoms with Gasteiger partial charge in [-0.3, -0.25) is 0 Å². The Kier molecular flexibility index (Phi) is 3.78. The number of hydrogen-bond acceptors (Lipinski definition) is 4. The van der Waals surface area contributed by atoms with Gasteiger partial charge in [-0.1, -0.05) is 24.3 Å². The molecule has 0 saturated carbocycles. The van der Waals surface area contributed by atoms with Crippen molar-refractivity contribution >= 4 is 12.6 Å². The maximum absolute atomic E-state index is 9.04. The van der Waals surface area contributed by atoms with Crippen molar-refractivity contribution in [3.05, 3.63) is 29.8 Å². The average Bonchev–Trinajstić information content (AvgIpc) is 2.26. The molecule has 0 amide bonds. The summed E-state index contributed by atoms with van der Waals surface area (Å²) in [5.41, 5.74) is 1.14. The van der Waals surface area contributed by atoms with Gasteiger partial charge in [-0.2, -0.15) is 0 Å². The highest BCUT2D eigenvalue weighted by Gasteiger charge is 2.34. The zero-order valence-corrected chi connectivity index (χ0v) is 11.0. The van der Waals surface area contributed by atoms with Crippen LogP contribution < -0.4 is 5.46 Å². The molecule has 2 N–H and O–H groups in total. The summed E-state index contributed by atoms with van der Waals surface area (Å²) in [6.45, 7) is 6.12. The molecule has 1 saturated heterocycles. The van der Waals surface area contributed by atoms with E-state index in [1.165, 1.54) is 0 Å². The van der Waals surface area contributed by atoms with Gasteiger partial charge in [0.05, 0.1) is 11.7 Å². The van der Waals surface area contributed by atoms with E-state index in [2.05, 4.69) is 0 Å². The summed E-state index contributed by atoms with van der Waals surface area (Å²) in [7, 11) is -1.44. The summed E-state index contributed by atoms with van der Waals surface area (Å²) in [6.07, 6.45) is 0.604. The fourth-order valence-corrected chi connectivity index (χ4v) is 2.29. The molecule has 0 aliphatic carbocycles. The van der Waals surface area contributed by atoms with Crippen molar-refractivity contribution in [1.82, 2.24) is 0 Å². The van der Waals surface area contributed by atoms with Crippen LogP contribution in [0.3, 0.4) is 0 Å². The van der Waals surface area contributed by atoms with Crippen LogP contribution in [0.25, 0.3) is 0 Å². The number of benzene rings is 1. The molecule has 1 aliphatic heterocycles. The molecule has 2 rings (SSSR count). The van der Waals surface area contributed by atoms with Crippen molar-refractivity contribution in [2.24, 2.45) is 0 Å². The lowest BCUT2D eigenvalue weighted by atomic mass is 9.80. The zero-order valence-electron chi connectivity index (χ0n) is 11.0. The third-order valence-corrected chi connectivity index (χ3v) is 3.07. The molecular weight excluding hydrogens is 231 g/mol. The summed E-state index contributed by atoms with van der Waals surface area (Å²) in [4.78, 5) is 0. The third kappa shape index (κ3) is 3.11. The van der Waals surface area contributed by atoms with Crippen molar-refractivity contribution in [1.29, 1.82) is 0 Å². The van der Waals surface area contributed by atoms with Gasteiger partial charge in [0, 0.05) is 12.0 Å². The van der Waals surface area contributed by atoms with Gasteiger partial charge in [0.25, 0.3) is 0 Å². The lowest BCUT2D eigenvalue weighted by Gasteiger charge is -2.39. The van der Waals surface area contributed by atoms with Crippen molar-refractivity contribution in [3.8, 4) is 0 Å². The highest BCUT2D eigenvalue weighted by Crippen LogP contribution is 2.35. The van der Waals surface area contributed by atoms with E-state index in [1.54, 1.807) is 24.3 Å². The minimum Gasteiger partial charge on any atom is -0.423 e. The highest BCUT2D eigenvalue weighted by molar-refractivity contribution is 6.58. The van der Waals surface area contributed by atoms with Crippen LogP contribution >= 0.6 is 0 Å². The zero-order chi connectivity index (χ0) is 13.3. The molecule has 1 aromatic carbocycles. The van der Waals surface area contributed by atoms with Gasteiger partial charge < -0.3 is 19.5 Å². The van der Waals surface area contributed by atoms with Crippen LogP contribution in [0.1, 0.15) is 39.0 Å².